The zero-order valence-corrected chi connectivity index (χ0v) is 11.6. The van der Waals surface area contributed by atoms with Gasteiger partial charge in [-0.3, -0.25) is 0 Å². The zero-order chi connectivity index (χ0) is 9.42. The van der Waals surface area contributed by atoms with Gasteiger partial charge in [-0.1, -0.05) is 11.6 Å². The van der Waals surface area contributed by atoms with Crippen molar-refractivity contribution in [2.24, 2.45) is 0 Å². The molecule has 0 aromatic carbocycles. The van der Waals surface area contributed by atoms with Gasteiger partial charge in [0.2, 0.25) is 0 Å². The monoisotopic (exact) mass is 357 g/mol. The average Bonchev–Trinajstić information content (AvgIpc) is 2.60. The first-order chi connectivity index (χ1) is 6.18. The van der Waals surface area contributed by atoms with Gasteiger partial charge in [-0.2, -0.15) is 0 Å². The van der Waals surface area contributed by atoms with Crippen LogP contribution < -0.4 is 0 Å². The van der Waals surface area contributed by atoms with E-state index in [1.54, 1.807) is 28.2 Å². The number of hydrogen-bond donors (Lipinski definition) is 0. The van der Waals surface area contributed by atoms with E-state index in [1.807, 2.05) is 6.07 Å². The lowest BCUT2D eigenvalue weighted by Crippen LogP contribution is -1.69. The largest absolute Gasteiger partial charge is 0.243 e. The fourth-order valence-corrected chi connectivity index (χ4v) is 3.85. The fourth-order valence-electron chi connectivity index (χ4n) is 0.856. The Balaban J connectivity index is 2.53. The Bertz CT molecular complexity index is 418. The molecule has 0 unspecified atom stereocenters. The Morgan fingerprint density at radius 2 is 2.08 bits per heavy atom. The highest BCUT2D eigenvalue weighted by molar-refractivity contribution is 9.11. The molecule has 0 radical (unpaired) electrons. The number of rotatable bonds is 1. The molecule has 2 heterocycles. The van der Waals surface area contributed by atoms with E-state index in [0.29, 0.717) is 0 Å². The van der Waals surface area contributed by atoms with Crippen LogP contribution in [0.15, 0.2) is 19.1 Å². The number of thiazole rings is 1. The van der Waals surface area contributed by atoms with E-state index in [0.717, 1.165) is 23.2 Å². The molecule has 0 amide bonds. The minimum absolute atomic E-state index is 0.736. The number of nitrogens with zero attached hydrogens (tertiary/aromatic N) is 1. The molecule has 2 aromatic heterocycles. The van der Waals surface area contributed by atoms with E-state index >= 15 is 0 Å². The summed E-state index contributed by atoms with van der Waals surface area (Å²) in [5.41, 5.74) is 2.77. The van der Waals surface area contributed by atoms with Crippen molar-refractivity contribution in [3.63, 3.8) is 0 Å². The minimum atomic E-state index is 0.736. The standard InChI is InChI=1S/C7H2Br2ClNS2/c8-6-3(10)1-4(13-6)5-7(9)12-2-11-5/h1-2H. The Kier molecular flexibility index (Phi) is 3.10. The second kappa shape index (κ2) is 3.98. The van der Waals surface area contributed by atoms with Crippen molar-refractivity contribution in [3.05, 3.63) is 24.2 Å². The summed E-state index contributed by atoms with van der Waals surface area (Å²) in [6, 6.07) is 1.91. The van der Waals surface area contributed by atoms with Gasteiger partial charge in [-0.25, -0.2) is 4.98 Å². The summed E-state index contributed by atoms with van der Waals surface area (Å²) in [4.78, 5) is 5.32. The van der Waals surface area contributed by atoms with Crippen molar-refractivity contribution in [3.8, 4) is 10.6 Å². The summed E-state index contributed by atoms with van der Waals surface area (Å²) in [5, 5.41) is 0.736. The first-order valence-corrected chi connectivity index (χ1v) is 6.88. The molecule has 13 heavy (non-hydrogen) atoms. The summed E-state index contributed by atoms with van der Waals surface area (Å²) >= 11 is 15.9. The van der Waals surface area contributed by atoms with E-state index in [-0.39, 0.29) is 0 Å². The number of hydrogen-bond acceptors (Lipinski definition) is 3. The molecule has 6 heteroatoms. The van der Waals surface area contributed by atoms with Crippen molar-refractivity contribution in [2.45, 2.75) is 0 Å². The van der Waals surface area contributed by atoms with Gasteiger partial charge in [0, 0.05) is 0 Å². The number of aromatic nitrogens is 1. The quantitative estimate of drug-likeness (QED) is 0.694. The van der Waals surface area contributed by atoms with Crippen molar-refractivity contribution in [1.29, 1.82) is 0 Å². The third-order valence-corrected chi connectivity index (χ3v) is 5.43. The average molecular weight is 359 g/mol. The number of halogens is 3. The zero-order valence-electron chi connectivity index (χ0n) is 6.05. The van der Waals surface area contributed by atoms with Crippen molar-refractivity contribution >= 4 is 66.1 Å². The third-order valence-electron chi connectivity index (χ3n) is 1.40. The molecule has 0 spiro atoms. The van der Waals surface area contributed by atoms with Crippen LogP contribution in [-0.4, -0.2) is 4.98 Å². The van der Waals surface area contributed by atoms with Gasteiger partial charge in [0.15, 0.2) is 0 Å². The highest BCUT2D eigenvalue weighted by Crippen LogP contribution is 2.40. The van der Waals surface area contributed by atoms with Crippen LogP contribution >= 0.6 is 66.1 Å². The molecule has 2 aromatic rings. The summed E-state index contributed by atoms with van der Waals surface area (Å²) in [6.45, 7) is 0. The smallest absolute Gasteiger partial charge is 0.105 e. The maximum absolute atomic E-state index is 5.92. The van der Waals surface area contributed by atoms with E-state index in [9.17, 15) is 0 Å². The van der Waals surface area contributed by atoms with Crippen LogP contribution in [0, 0.1) is 0 Å². The van der Waals surface area contributed by atoms with Crippen LogP contribution in [-0.2, 0) is 0 Å². The summed E-state index contributed by atoms with van der Waals surface area (Å²) in [6.07, 6.45) is 0. The Labute approximate surface area is 105 Å². The van der Waals surface area contributed by atoms with Gasteiger partial charge < -0.3 is 0 Å². The molecule has 0 aliphatic carbocycles. The van der Waals surface area contributed by atoms with Crippen LogP contribution in [0.5, 0.6) is 0 Å². The Morgan fingerprint density at radius 1 is 1.31 bits per heavy atom. The molecule has 0 atom stereocenters. The molecular weight excluding hydrogens is 357 g/mol. The summed E-state index contributed by atoms with van der Waals surface area (Å²) in [7, 11) is 0. The van der Waals surface area contributed by atoms with Crippen molar-refractivity contribution in [2.75, 3.05) is 0 Å². The first kappa shape index (κ1) is 10.1. The molecule has 0 saturated carbocycles. The van der Waals surface area contributed by atoms with Crippen LogP contribution in [0.1, 0.15) is 0 Å². The minimum Gasteiger partial charge on any atom is -0.243 e. The normalized spacial score (nSPS) is 10.7. The van der Waals surface area contributed by atoms with Gasteiger partial charge in [0.25, 0.3) is 0 Å². The summed E-state index contributed by atoms with van der Waals surface area (Å²) < 4.78 is 1.99. The molecule has 2 rings (SSSR count). The molecule has 0 aliphatic heterocycles. The van der Waals surface area contributed by atoms with Crippen LogP contribution in [0.25, 0.3) is 10.6 Å². The van der Waals surface area contributed by atoms with Gasteiger partial charge in [-0.05, 0) is 37.9 Å². The first-order valence-electron chi connectivity index (χ1n) is 3.22. The molecule has 0 saturated heterocycles. The highest BCUT2D eigenvalue weighted by atomic mass is 79.9. The van der Waals surface area contributed by atoms with Crippen molar-refractivity contribution < 1.29 is 0 Å². The van der Waals surface area contributed by atoms with Crippen LogP contribution in [0.3, 0.4) is 0 Å². The van der Waals surface area contributed by atoms with Gasteiger partial charge in [0.05, 0.1) is 23.0 Å². The molecule has 1 nitrogen and oxygen atoms in total. The topological polar surface area (TPSA) is 12.9 Å². The predicted octanol–water partition coefficient (Wildman–Crippen LogP) is 5.05. The van der Waals surface area contributed by atoms with Crippen LogP contribution in [0.2, 0.25) is 5.02 Å². The van der Waals surface area contributed by atoms with E-state index in [4.69, 9.17) is 11.6 Å². The molecule has 68 valence electrons. The predicted molar refractivity (Wildman–Crippen MR) is 65.8 cm³/mol. The highest BCUT2D eigenvalue weighted by Gasteiger charge is 2.11. The lowest BCUT2D eigenvalue weighted by atomic mass is 10.4. The molecule has 0 aliphatic rings. The van der Waals surface area contributed by atoms with E-state index < -0.39 is 0 Å². The third kappa shape index (κ3) is 1.99. The SMILES string of the molecule is Clc1cc(-c2ncsc2Br)sc1Br. The summed E-state index contributed by atoms with van der Waals surface area (Å²) in [5.74, 6) is 0. The molecule has 0 N–H and O–H groups in total. The van der Waals surface area contributed by atoms with E-state index in [1.165, 1.54) is 0 Å². The fraction of sp³-hybridized carbons (Fsp3) is 0. The van der Waals surface area contributed by atoms with Gasteiger partial charge in [0.1, 0.15) is 5.69 Å². The van der Waals surface area contributed by atoms with Crippen LogP contribution in [0.4, 0.5) is 0 Å². The molecule has 0 fully saturated rings. The Morgan fingerprint density at radius 3 is 2.54 bits per heavy atom. The lowest BCUT2D eigenvalue weighted by Gasteiger charge is -1.88. The Hall–Kier alpha value is 0.580. The number of thiophene rings is 1. The van der Waals surface area contributed by atoms with E-state index in [2.05, 4.69) is 36.8 Å². The van der Waals surface area contributed by atoms with Gasteiger partial charge in [-0.15, -0.1) is 22.7 Å². The second-order valence-corrected chi connectivity index (χ2v) is 7.16. The maximum atomic E-state index is 5.92. The maximum Gasteiger partial charge on any atom is 0.105 e. The molecule has 0 bridgehead atoms. The van der Waals surface area contributed by atoms with Gasteiger partial charge >= 0.3 is 0 Å². The lowest BCUT2D eigenvalue weighted by molar-refractivity contribution is 1.42. The second-order valence-electron chi connectivity index (χ2n) is 2.21. The molecular formula is C7H2Br2ClNS2. The van der Waals surface area contributed by atoms with Crippen molar-refractivity contribution in [1.82, 2.24) is 4.98 Å².